The van der Waals surface area contributed by atoms with Gasteiger partial charge >= 0.3 is 0 Å². The summed E-state index contributed by atoms with van der Waals surface area (Å²) in [5, 5.41) is 15.8. The highest BCUT2D eigenvalue weighted by Gasteiger charge is 2.29. The van der Waals surface area contributed by atoms with E-state index in [1.165, 1.54) is 24.1 Å². The van der Waals surface area contributed by atoms with E-state index < -0.39 is 0 Å². The third kappa shape index (κ3) is 4.21. The second-order valence-electron chi connectivity index (χ2n) is 8.13. The molecule has 2 N–H and O–H groups in total. The highest BCUT2D eigenvalue weighted by Crippen LogP contribution is 2.35. The molecule has 0 bridgehead atoms. The lowest BCUT2D eigenvalue weighted by atomic mass is 9.75. The summed E-state index contributed by atoms with van der Waals surface area (Å²) in [6.07, 6.45) is 8.84. The first-order valence-corrected chi connectivity index (χ1v) is 8.10. The van der Waals surface area contributed by atoms with Crippen LogP contribution in [0.3, 0.4) is 0 Å². The Bertz CT molecular complexity index is 567. The van der Waals surface area contributed by atoms with Crippen molar-refractivity contribution in [3.05, 3.63) is 29.3 Å². The van der Waals surface area contributed by atoms with Gasteiger partial charge in [-0.05, 0) is 48.5 Å². The number of nitrogens with one attached hydrogen (secondary N) is 1. The predicted molar refractivity (Wildman–Crippen MR) is 87.7 cm³/mol. The van der Waals surface area contributed by atoms with Gasteiger partial charge in [0.15, 0.2) is 5.78 Å². The number of aromatic amines is 1. The van der Waals surface area contributed by atoms with Gasteiger partial charge in [0, 0.05) is 17.7 Å². The van der Waals surface area contributed by atoms with Crippen molar-refractivity contribution in [3.8, 4) is 0 Å². The number of carbonyl (C=O) groups excluding carboxylic acids is 1. The normalized spacial score (nSPS) is 24.4. The maximum Gasteiger partial charge on any atom is 0.162 e. The predicted octanol–water partition coefficient (Wildman–Crippen LogP) is 4.13. The van der Waals surface area contributed by atoms with Gasteiger partial charge in [-0.15, -0.1) is 0 Å². The number of aryl methyl sites for hydroxylation is 1. The summed E-state index contributed by atoms with van der Waals surface area (Å²) in [4.78, 5) is 11.2. The molecular weight excluding hydrogens is 276 g/mol. The summed E-state index contributed by atoms with van der Waals surface area (Å²) in [5.74, 6) is 0.101. The summed E-state index contributed by atoms with van der Waals surface area (Å²) < 4.78 is 0. The fourth-order valence-corrected chi connectivity index (χ4v) is 3.13. The fraction of sp³-hybridized carbons (Fsp3) is 0.667. The Balaban J connectivity index is 0.000000160. The number of hydrogen-bond acceptors (Lipinski definition) is 3. The molecule has 2 aliphatic rings. The molecule has 1 aromatic heterocycles. The Labute approximate surface area is 133 Å². The molecule has 0 saturated heterocycles. The number of carbonyl (C=O) groups is 1. The molecule has 0 amide bonds. The zero-order chi connectivity index (χ0) is 16.4. The number of aromatic nitrogens is 2. The monoisotopic (exact) mass is 304 g/mol. The van der Waals surface area contributed by atoms with Crippen LogP contribution in [0.15, 0.2) is 18.0 Å². The molecule has 4 nitrogen and oxygen atoms in total. The van der Waals surface area contributed by atoms with Crippen molar-refractivity contribution in [2.24, 2.45) is 10.8 Å². The van der Waals surface area contributed by atoms with E-state index in [0.29, 0.717) is 17.4 Å². The van der Waals surface area contributed by atoms with Gasteiger partial charge in [0.1, 0.15) is 0 Å². The molecule has 0 unspecified atom stereocenters. The van der Waals surface area contributed by atoms with Gasteiger partial charge in [0.05, 0.1) is 12.5 Å². The zero-order valence-corrected chi connectivity index (χ0v) is 14.2. The maximum absolute atomic E-state index is 11.2. The van der Waals surface area contributed by atoms with E-state index in [2.05, 4.69) is 37.9 Å². The minimum Gasteiger partial charge on any atom is -0.515 e. The number of Topliss-reactive ketones (excluding diaryl/α,β-unsaturated/α-hetero) is 1. The number of aliphatic hydroxyl groups is 1. The van der Waals surface area contributed by atoms with Crippen LogP contribution in [0, 0.1) is 10.8 Å². The second-order valence-corrected chi connectivity index (χ2v) is 8.13. The maximum atomic E-state index is 11.2. The highest BCUT2D eigenvalue weighted by molar-refractivity contribution is 5.96. The molecule has 1 aromatic rings. The Morgan fingerprint density at radius 3 is 2.41 bits per heavy atom. The number of fused-ring (bicyclic) bond motifs is 1. The minimum atomic E-state index is 0.101. The third-order valence-electron chi connectivity index (χ3n) is 4.76. The molecule has 0 atom stereocenters. The van der Waals surface area contributed by atoms with Crippen LogP contribution in [0.2, 0.25) is 0 Å². The van der Waals surface area contributed by atoms with Crippen molar-refractivity contribution in [3.63, 3.8) is 0 Å². The number of aliphatic hydroxyl groups excluding tert-OH is 1. The second kappa shape index (κ2) is 6.27. The van der Waals surface area contributed by atoms with E-state index in [-0.39, 0.29) is 11.2 Å². The zero-order valence-electron chi connectivity index (χ0n) is 14.2. The van der Waals surface area contributed by atoms with Crippen LogP contribution in [-0.4, -0.2) is 21.1 Å². The highest BCUT2D eigenvalue weighted by atomic mass is 16.2. The summed E-state index contributed by atoms with van der Waals surface area (Å²) in [7, 11) is 0. The molecule has 0 spiro atoms. The molecule has 22 heavy (non-hydrogen) atoms. The molecule has 0 aliphatic heterocycles. The van der Waals surface area contributed by atoms with Crippen molar-refractivity contribution in [1.82, 2.24) is 10.2 Å². The number of H-pyrrole nitrogens is 1. The van der Waals surface area contributed by atoms with Gasteiger partial charge in [-0.2, -0.15) is 5.10 Å². The first kappa shape index (κ1) is 16.8. The lowest BCUT2D eigenvalue weighted by Crippen LogP contribution is -2.24. The van der Waals surface area contributed by atoms with E-state index in [9.17, 15) is 4.79 Å². The SMILES string of the molecule is CC1(C)CC/C(=C/O)C(=O)C1.CC1(C)CCc2cn[nH]c2C1. The number of rotatable bonds is 0. The smallest absolute Gasteiger partial charge is 0.162 e. The van der Waals surface area contributed by atoms with Gasteiger partial charge in [-0.1, -0.05) is 27.7 Å². The van der Waals surface area contributed by atoms with Crippen LogP contribution in [0.1, 0.15) is 64.6 Å². The van der Waals surface area contributed by atoms with E-state index in [4.69, 9.17) is 5.11 Å². The van der Waals surface area contributed by atoms with Crippen molar-refractivity contribution in [1.29, 1.82) is 0 Å². The van der Waals surface area contributed by atoms with Crippen LogP contribution < -0.4 is 0 Å². The molecule has 2 aliphatic carbocycles. The van der Waals surface area contributed by atoms with Crippen molar-refractivity contribution in [2.45, 2.75) is 66.2 Å². The average Bonchev–Trinajstić information content (AvgIpc) is 2.84. The first-order chi connectivity index (χ1) is 10.2. The molecule has 0 aromatic carbocycles. The van der Waals surface area contributed by atoms with Crippen LogP contribution in [0.5, 0.6) is 0 Å². The Kier molecular flexibility index (Phi) is 4.78. The summed E-state index contributed by atoms with van der Waals surface area (Å²) in [5.41, 5.74) is 3.96. The van der Waals surface area contributed by atoms with Crippen molar-refractivity contribution >= 4 is 5.78 Å². The topological polar surface area (TPSA) is 66.0 Å². The molecule has 1 heterocycles. The number of nitrogens with zero attached hydrogens (tertiary/aromatic N) is 1. The molecule has 3 rings (SSSR count). The van der Waals surface area contributed by atoms with E-state index in [1.54, 1.807) is 0 Å². The number of ketones is 1. The molecule has 1 saturated carbocycles. The largest absolute Gasteiger partial charge is 0.515 e. The van der Waals surface area contributed by atoms with Gasteiger partial charge in [0.2, 0.25) is 0 Å². The van der Waals surface area contributed by atoms with E-state index >= 15 is 0 Å². The lowest BCUT2D eigenvalue weighted by molar-refractivity contribution is -0.119. The quantitative estimate of drug-likeness (QED) is 0.559. The molecule has 1 fully saturated rings. The van der Waals surface area contributed by atoms with Crippen LogP contribution >= 0.6 is 0 Å². The van der Waals surface area contributed by atoms with Gasteiger partial charge in [-0.25, -0.2) is 0 Å². The minimum absolute atomic E-state index is 0.101. The molecule has 4 heteroatoms. The fourth-order valence-electron chi connectivity index (χ4n) is 3.13. The summed E-state index contributed by atoms with van der Waals surface area (Å²) in [6.45, 7) is 8.80. The van der Waals surface area contributed by atoms with Crippen LogP contribution in [-0.2, 0) is 17.6 Å². The third-order valence-corrected chi connectivity index (χ3v) is 4.76. The Morgan fingerprint density at radius 2 is 1.77 bits per heavy atom. The number of hydrogen-bond donors (Lipinski definition) is 2. The van der Waals surface area contributed by atoms with Gasteiger partial charge < -0.3 is 5.11 Å². The van der Waals surface area contributed by atoms with Gasteiger partial charge in [0.25, 0.3) is 0 Å². The Hall–Kier alpha value is -1.58. The number of allylic oxidation sites excluding steroid dienone is 1. The molecular formula is C18H28N2O2. The van der Waals surface area contributed by atoms with Crippen LogP contribution in [0.25, 0.3) is 0 Å². The summed E-state index contributed by atoms with van der Waals surface area (Å²) in [6, 6.07) is 0. The van der Waals surface area contributed by atoms with Crippen molar-refractivity contribution in [2.75, 3.05) is 0 Å². The molecule has 122 valence electrons. The lowest BCUT2D eigenvalue weighted by Gasteiger charge is -2.28. The van der Waals surface area contributed by atoms with Crippen molar-refractivity contribution < 1.29 is 9.90 Å². The average molecular weight is 304 g/mol. The van der Waals surface area contributed by atoms with E-state index in [1.807, 2.05) is 6.20 Å². The van der Waals surface area contributed by atoms with Gasteiger partial charge in [-0.3, -0.25) is 9.89 Å². The standard InChI is InChI=1S/C9H14N2.C9H14O2/c1-9(2)4-3-7-6-10-11-8(7)5-9;1-9(2)4-3-7(6-10)8(11)5-9/h6H,3-5H2,1-2H3,(H,10,11);6,10H,3-5H2,1-2H3/b;7-6-. The van der Waals surface area contributed by atoms with Crippen LogP contribution in [0.4, 0.5) is 0 Å². The summed E-state index contributed by atoms with van der Waals surface area (Å²) >= 11 is 0. The first-order valence-electron chi connectivity index (χ1n) is 8.10. The van der Waals surface area contributed by atoms with E-state index in [0.717, 1.165) is 25.5 Å². The Morgan fingerprint density at radius 1 is 1.14 bits per heavy atom. The molecule has 0 radical (unpaired) electrons.